The Kier molecular flexibility index (Phi) is 11.8. The summed E-state index contributed by atoms with van der Waals surface area (Å²) in [4.78, 5) is 44.1. The number of rotatable bonds is 15. The van der Waals surface area contributed by atoms with Crippen molar-refractivity contribution in [2.45, 2.75) is 50.9 Å². The zero-order chi connectivity index (χ0) is 28.2. The van der Waals surface area contributed by atoms with E-state index in [-0.39, 0.29) is 39.4 Å². The second kappa shape index (κ2) is 15.3. The fraction of sp³-hybridized carbons (Fsp3) is 0.444. The minimum Gasteiger partial charge on any atom is -0.480 e. The summed E-state index contributed by atoms with van der Waals surface area (Å²) in [6, 6.07) is 14.3. The van der Waals surface area contributed by atoms with Crippen LogP contribution in [0.2, 0.25) is 0 Å². The van der Waals surface area contributed by atoms with Crippen molar-refractivity contribution in [3.63, 3.8) is 0 Å². The number of fused-ring (bicyclic) bond motifs is 1. The zero-order valence-corrected chi connectivity index (χ0v) is 21.8. The van der Waals surface area contributed by atoms with Gasteiger partial charge in [-0.1, -0.05) is 54.6 Å². The Balaban J connectivity index is 1.62. The Hall–Kier alpha value is -3.39. The maximum absolute atomic E-state index is 13.4. The number of amides is 1. The molecule has 212 valence electrons. The number of nitrogens with zero attached hydrogens (tertiary/aromatic N) is 2. The number of carbonyl (C=O) groups is 3. The highest BCUT2D eigenvalue weighted by atomic mass is 17.1. The van der Waals surface area contributed by atoms with E-state index in [2.05, 4.69) is 10.2 Å². The number of aliphatic carboxylic acids is 1. The first-order chi connectivity index (χ1) is 18.8. The van der Waals surface area contributed by atoms with Crippen LogP contribution < -0.4 is 5.32 Å². The largest absolute Gasteiger partial charge is 0.480 e. The van der Waals surface area contributed by atoms with Gasteiger partial charge in [-0.05, 0) is 36.5 Å². The maximum Gasteiger partial charge on any atom is 0.326 e. The highest BCUT2D eigenvalue weighted by molar-refractivity contribution is 5.88. The summed E-state index contributed by atoms with van der Waals surface area (Å²) < 4.78 is 10.6. The minimum atomic E-state index is -1.08. The van der Waals surface area contributed by atoms with Gasteiger partial charge in [0.15, 0.2) is 0 Å². The van der Waals surface area contributed by atoms with E-state index >= 15 is 0 Å². The molecule has 1 aliphatic heterocycles. The second-order valence-electron chi connectivity index (χ2n) is 9.12. The van der Waals surface area contributed by atoms with E-state index in [1.165, 1.54) is 4.90 Å². The van der Waals surface area contributed by atoms with E-state index in [1.807, 2.05) is 54.6 Å². The molecule has 2 aromatic carbocycles. The lowest BCUT2D eigenvalue weighted by molar-refractivity contribution is -0.493. The zero-order valence-electron chi connectivity index (χ0n) is 21.8. The molecule has 2 aromatic rings. The van der Waals surface area contributed by atoms with Gasteiger partial charge in [0.05, 0.1) is 31.3 Å². The fourth-order valence-electron chi connectivity index (χ4n) is 4.40. The van der Waals surface area contributed by atoms with Crippen molar-refractivity contribution >= 4 is 17.8 Å². The van der Waals surface area contributed by atoms with Crippen LogP contribution >= 0.6 is 0 Å². The average Bonchev–Trinajstić information content (AvgIpc) is 2.93. The Bertz CT molecular complexity index is 1080. The van der Waals surface area contributed by atoms with Crippen LogP contribution in [0.5, 0.6) is 0 Å². The molecule has 3 atom stereocenters. The topological polar surface area (TPSA) is 158 Å². The molecule has 0 spiro atoms. The van der Waals surface area contributed by atoms with Crippen molar-refractivity contribution in [1.82, 2.24) is 15.6 Å². The number of benzene rings is 2. The lowest BCUT2D eigenvalue weighted by atomic mass is 9.93. The summed E-state index contributed by atoms with van der Waals surface area (Å²) >= 11 is 0. The maximum atomic E-state index is 13.4. The van der Waals surface area contributed by atoms with Crippen molar-refractivity contribution in [1.29, 1.82) is 0 Å². The van der Waals surface area contributed by atoms with Crippen LogP contribution in [0.3, 0.4) is 0 Å². The highest BCUT2D eigenvalue weighted by Crippen LogP contribution is 2.24. The molecule has 12 nitrogen and oxygen atoms in total. The molecule has 0 fully saturated rings. The number of carboxylic acids is 1. The molecule has 0 bridgehead atoms. The van der Waals surface area contributed by atoms with Gasteiger partial charge in [0.25, 0.3) is 0 Å². The van der Waals surface area contributed by atoms with Gasteiger partial charge in [0.1, 0.15) is 18.7 Å². The average molecular weight is 546 g/mol. The van der Waals surface area contributed by atoms with Gasteiger partial charge < -0.3 is 19.5 Å². The molecular weight excluding hydrogens is 510 g/mol. The summed E-state index contributed by atoms with van der Waals surface area (Å²) in [5, 5.41) is 29.4. The predicted octanol–water partition coefficient (Wildman–Crippen LogP) is 1.58. The number of carbonyl (C=O) groups excluding carboxylic acids is 2. The highest BCUT2D eigenvalue weighted by Gasteiger charge is 2.37. The monoisotopic (exact) mass is 545 g/mol. The van der Waals surface area contributed by atoms with E-state index in [0.717, 1.165) is 16.7 Å². The first kappa shape index (κ1) is 30.2. The van der Waals surface area contributed by atoms with Crippen LogP contribution in [0.15, 0.2) is 54.6 Å². The molecule has 3 unspecified atom stereocenters. The van der Waals surface area contributed by atoms with Crippen LogP contribution in [0.1, 0.15) is 30.0 Å². The summed E-state index contributed by atoms with van der Waals surface area (Å²) in [6.07, 6.45) is 1.11. The van der Waals surface area contributed by atoms with Crippen LogP contribution in [-0.2, 0) is 48.1 Å². The van der Waals surface area contributed by atoms with Gasteiger partial charge in [-0.2, -0.15) is 0 Å². The third kappa shape index (κ3) is 9.39. The molecule has 3 rings (SSSR count). The number of hydrogen-bond acceptors (Lipinski definition) is 10. The molecule has 0 aromatic heterocycles. The van der Waals surface area contributed by atoms with E-state index in [9.17, 15) is 19.5 Å². The van der Waals surface area contributed by atoms with Crippen molar-refractivity contribution in [2.75, 3.05) is 26.4 Å². The van der Waals surface area contributed by atoms with Crippen LogP contribution in [0, 0.1) is 0 Å². The minimum absolute atomic E-state index is 0.0418. The lowest BCUT2D eigenvalue weighted by Gasteiger charge is -2.36. The molecule has 39 heavy (non-hydrogen) atoms. The first-order valence-electron chi connectivity index (χ1n) is 12.7. The summed E-state index contributed by atoms with van der Waals surface area (Å²) in [5.74, 6) is -2.07. The Morgan fingerprint density at radius 1 is 1.00 bits per heavy atom. The van der Waals surface area contributed by atoms with Crippen LogP contribution in [0.4, 0.5) is 0 Å². The molecule has 0 radical (unpaired) electrons. The summed E-state index contributed by atoms with van der Waals surface area (Å²) in [5.41, 5.74) is 2.81. The third-order valence-corrected chi connectivity index (χ3v) is 6.39. The Labute approximate surface area is 226 Å². The molecule has 0 saturated carbocycles. The van der Waals surface area contributed by atoms with Gasteiger partial charge in [-0.3, -0.25) is 25.3 Å². The molecule has 12 heteroatoms. The van der Waals surface area contributed by atoms with Crippen LogP contribution in [0.25, 0.3) is 0 Å². The number of nitrogens with one attached hydrogen (secondary N) is 1. The smallest absolute Gasteiger partial charge is 0.326 e. The third-order valence-electron chi connectivity index (χ3n) is 6.39. The first-order valence-corrected chi connectivity index (χ1v) is 12.7. The van der Waals surface area contributed by atoms with Gasteiger partial charge in [-0.15, -0.1) is 0 Å². The number of esters is 1. The molecule has 1 aliphatic rings. The van der Waals surface area contributed by atoms with Gasteiger partial charge >= 0.3 is 11.9 Å². The van der Waals surface area contributed by atoms with E-state index in [0.29, 0.717) is 12.8 Å². The normalized spacial score (nSPS) is 16.4. The fourth-order valence-corrected chi connectivity index (χ4v) is 4.40. The standard InChI is InChI=1S/C27H35N3O9/c1-19(25(31)29-18-22-10-6-5-9-21(22)17-24(29)26(32)33)28-23(12-11-20-7-3-2-4-8-20)27(34)38-15-13-37-14-16-39-30(35)36/h2-10,19,23-24,28,35-36H,11-18H2,1H3,(H,32,33). The van der Waals surface area contributed by atoms with Crippen molar-refractivity contribution < 1.29 is 44.2 Å². The van der Waals surface area contributed by atoms with Gasteiger partial charge in [0, 0.05) is 13.0 Å². The molecule has 0 aliphatic carbocycles. The second-order valence-corrected chi connectivity index (χ2v) is 9.12. The number of aryl methyl sites for hydroxylation is 1. The summed E-state index contributed by atoms with van der Waals surface area (Å²) in [6.45, 7) is 1.71. The van der Waals surface area contributed by atoms with Crippen LogP contribution in [-0.4, -0.2) is 88.2 Å². The quantitative estimate of drug-likeness (QED) is 0.146. The van der Waals surface area contributed by atoms with Crippen molar-refractivity contribution in [3.05, 3.63) is 71.3 Å². The lowest BCUT2D eigenvalue weighted by Crippen LogP contribution is -2.56. The predicted molar refractivity (Wildman–Crippen MR) is 136 cm³/mol. The number of ether oxygens (including phenoxy) is 2. The van der Waals surface area contributed by atoms with E-state index in [1.54, 1.807) is 6.92 Å². The number of carboxylic acid groups (broad SMARTS) is 1. The Morgan fingerprint density at radius 3 is 2.36 bits per heavy atom. The molecule has 0 saturated heterocycles. The number of hydrogen-bond donors (Lipinski definition) is 4. The van der Waals surface area contributed by atoms with Gasteiger partial charge in [-0.25, -0.2) is 9.63 Å². The molecule has 1 amide bonds. The summed E-state index contributed by atoms with van der Waals surface area (Å²) in [7, 11) is 0. The molecule has 1 heterocycles. The van der Waals surface area contributed by atoms with E-state index in [4.69, 9.17) is 19.9 Å². The molecular formula is C27H35N3O9. The van der Waals surface area contributed by atoms with Crippen molar-refractivity contribution in [3.8, 4) is 0 Å². The van der Waals surface area contributed by atoms with Crippen molar-refractivity contribution in [2.24, 2.45) is 0 Å². The Morgan fingerprint density at radius 2 is 1.67 bits per heavy atom. The molecule has 4 N–H and O–H groups in total. The SMILES string of the molecule is CC(NC(CCc1ccccc1)C(=O)OCCOCCON(O)O)C(=O)N1Cc2ccccc2CC1C(=O)O. The van der Waals surface area contributed by atoms with E-state index < -0.39 is 41.4 Å². The van der Waals surface area contributed by atoms with Gasteiger partial charge in [0.2, 0.25) is 5.91 Å².